The van der Waals surface area contributed by atoms with E-state index in [9.17, 15) is 0 Å². The van der Waals surface area contributed by atoms with Gasteiger partial charge in [0.1, 0.15) is 0 Å². The largest absolute Gasteiger partial charge is 1.00 e. The number of hydrogen-bond acceptors (Lipinski definition) is 0. The minimum Gasteiger partial charge on any atom is -1.00 e. The maximum Gasteiger partial charge on any atom is 1.00 e. The Bertz CT molecular complexity index is 535. The topological polar surface area (TPSA) is 0 Å². The molecule has 0 bridgehead atoms. The van der Waals surface area contributed by atoms with Crippen LogP contribution in [-0.4, -0.2) is 0 Å². The van der Waals surface area contributed by atoms with Gasteiger partial charge in [-0.1, -0.05) is 91.0 Å². The van der Waals surface area contributed by atoms with E-state index < -0.39 is 7.92 Å². The standard InChI is InChI=1S/C18H15P.Cu.HI/c1-4-10-16(11-5-1)19(17-12-6-2-7-13-17)18-14-8-3-9-15-18;;/h1-15H;;1H/q;+1;/p-1. The van der Waals surface area contributed by atoms with Crippen molar-refractivity contribution in [1.82, 2.24) is 0 Å². The molecule has 3 rings (SSSR count). The van der Waals surface area contributed by atoms with Crippen molar-refractivity contribution in [1.29, 1.82) is 0 Å². The molecule has 0 saturated heterocycles. The smallest absolute Gasteiger partial charge is 1.00 e. The van der Waals surface area contributed by atoms with E-state index in [0.29, 0.717) is 0 Å². The fourth-order valence-electron chi connectivity index (χ4n) is 2.18. The van der Waals surface area contributed by atoms with Gasteiger partial charge in [0, 0.05) is 0 Å². The Hall–Kier alpha value is -0.661. The molecule has 0 spiro atoms. The summed E-state index contributed by atoms with van der Waals surface area (Å²) in [5, 5.41) is 4.19. The molecule has 3 heteroatoms. The van der Waals surface area contributed by atoms with Gasteiger partial charge in [-0.15, -0.1) is 0 Å². The van der Waals surface area contributed by atoms with Crippen molar-refractivity contribution in [2.75, 3.05) is 0 Å². The van der Waals surface area contributed by atoms with Crippen molar-refractivity contribution in [3.8, 4) is 0 Å². The van der Waals surface area contributed by atoms with Gasteiger partial charge in [-0.25, -0.2) is 0 Å². The van der Waals surface area contributed by atoms with Crippen LogP contribution < -0.4 is 39.9 Å². The summed E-state index contributed by atoms with van der Waals surface area (Å²) in [5.74, 6) is 0. The fourth-order valence-corrected chi connectivity index (χ4v) is 4.48. The van der Waals surface area contributed by atoms with E-state index >= 15 is 0 Å². The normalized spacial score (nSPS) is 9.57. The Morgan fingerprint density at radius 2 is 0.667 bits per heavy atom. The molecule has 0 heterocycles. The molecule has 0 radical (unpaired) electrons. The van der Waals surface area contributed by atoms with Crippen molar-refractivity contribution in [3.63, 3.8) is 0 Å². The number of hydrogen-bond donors (Lipinski definition) is 0. The van der Waals surface area contributed by atoms with Crippen molar-refractivity contribution in [3.05, 3.63) is 91.0 Å². The number of halogens is 1. The van der Waals surface area contributed by atoms with Crippen LogP contribution in [0.5, 0.6) is 0 Å². The Kier molecular flexibility index (Phi) is 8.21. The van der Waals surface area contributed by atoms with E-state index in [4.69, 9.17) is 0 Å². The molecule has 0 aliphatic carbocycles. The summed E-state index contributed by atoms with van der Waals surface area (Å²) in [6.45, 7) is 0. The van der Waals surface area contributed by atoms with Gasteiger partial charge in [-0.05, 0) is 23.8 Å². The summed E-state index contributed by atoms with van der Waals surface area (Å²) >= 11 is 0. The number of benzene rings is 3. The predicted molar refractivity (Wildman–Crippen MR) is 85.1 cm³/mol. The Balaban J connectivity index is 0.00000110. The van der Waals surface area contributed by atoms with Crippen LogP contribution in [0.25, 0.3) is 0 Å². The van der Waals surface area contributed by atoms with E-state index in [1.807, 2.05) is 0 Å². The fraction of sp³-hybridized carbons (Fsp3) is 0. The molecule has 0 fully saturated rings. The summed E-state index contributed by atoms with van der Waals surface area (Å²) in [6, 6.07) is 32.3. The molecule has 0 aliphatic rings. The first-order valence-corrected chi connectivity index (χ1v) is 7.74. The third-order valence-corrected chi connectivity index (χ3v) is 5.49. The second-order valence-electron chi connectivity index (χ2n) is 4.34. The van der Waals surface area contributed by atoms with Gasteiger partial charge in [-0.2, -0.15) is 0 Å². The van der Waals surface area contributed by atoms with E-state index in [1.54, 1.807) is 0 Å². The monoisotopic (exact) mass is 452 g/mol. The van der Waals surface area contributed by atoms with Crippen LogP contribution in [0, 0.1) is 0 Å². The van der Waals surface area contributed by atoms with Gasteiger partial charge in [0.05, 0.1) is 0 Å². The molecule has 0 N–H and O–H groups in total. The first-order chi connectivity index (χ1) is 9.45. The Morgan fingerprint density at radius 1 is 0.429 bits per heavy atom. The molecule has 0 atom stereocenters. The minimum atomic E-state index is -0.446. The molecule has 0 aromatic heterocycles. The predicted octanol–water partition coefficient (Wildman–Crippen LogP) is 0.446. The van der Waals surface area contributed by atoms with Crippen LogP contribution >= 0.6 is 7.92 Å². The molecule has 0 saturated carbocycles. The van der Waals surface area contributed by atoms with Crippen LogP contribution in [-0.2, 0) is 17.1 Å². The van der Waals surface area contributed by atoms with Gasteiger partial charge < -0.3 is 24.0 Å². The van der Waals surface area contributed by atoms with E-state index in [2.05, 4.69) is 91.0 Å². The van der Waals surface area contributed by atoms with Gasteiger partial charge in [0.15, 0.2) is 0 Å². The van der Waals surface area contributed by atoms with Gasteiger partial charge >= 0.3 is 17.1 Å². The second kappa shape index (κ2) is 9.38. The third kappa shape index (κ3) is 4.66. The molecule has 0 unspecified atom stereocenters. The molecule has 3 aromatic rings. The zero-order valence-corrected chi connectivity index (χ0v) is 15.3. The van der Waals surface area contributed by atoms with Crippen molar-refractivity contribution in [2.45, 2.75) is 0 Å². The third-order valence-electron chi connectivity index (χ3n) is 3.04. The minimum absolute atomic E-state index is 0. The summed E-state index contributed by atoms with van der Waals surface area (Å²) < 4.78 is 0. The molecular formula is C18H15CuIP. The van der Waals surface area contributed by atoms with Crippen molar-refractivity contribution >= 4 is 23.8 Å². The summed E-state index contributed by atoms with van der Waals surface area (Å²) in [5.41, 5.74) is 0. The zero-order chi connectivity index (χ0) is 12.9. The molecule has 0 nitrogen and oxygen atoms in total. The molecule has 0 aliphatic heterocycles. The maximum atomic E-state index is 2.23. The van der Waals surface area contributed by atoms with Crippen molar-refractivity contribution in [2.24, 2.45) is 0 Å². The van der Waals surface area contributed by atoms with Gasteiger partial charge in [0.25, 0.3) is 0 Å². The maximum absolute atomic E-state index is 2.23. The molecule has 3 aromatic carbocycles. The molecular weight excluding hydrogens is 438 g/mol. The zero-order valence-electron chi connectivity index (χ0n) is 11.3. The number of rotatable bonds is 3. The Morgan fingerprint density at radius 3 is 0.905 bits per heavy atom. The van der Waals surface area contributed by atoms with E-state index in [-0.39, 0.29) is 41.0 Å². The van der Waals surface area contributed by atoms with Gasteiger partial charge in [-0.3, -0.25) is 0 Å². The van der Waals surface area contributed by atoms with Crippen LogP contribution in [0.1, 0.15) is 0 Å². The quantitative estimate of drug-likeness (QED) is 0.308. The molecule has 21 heavy (non-hydrogen) atoms. The molecule has 0 amide bonds. The average molecular weight is 453 g/mol. The SMILES string of the molecule is [Cu+].[I-].c1ccc(P(c2ccccc2)c2ccccc2)cc1. The van der Waals surface area contributed by atoms with Crippen LogP contribution in [0.2, 0.25) is 0 Å². The summed E-state index contributed by atoms with van der Waals surface area (Å²) in [7, 11) is -0.446. The second-order valence-corrected chi connectivity index (χ2v) is 6.56. The molecule has 110 valence electrons. The van der Waals surface area contributed by atoms with Gasteiger partial charge in [0.2, 0.25) is 0 Å². The Labute approximate surface area is 155 Å². The summed E-state index contributed by atoms with van der Waals surface area (Å²) in [6.07, 6.45) is 0. The van der Waals surface area contributed by atoms with Crippen LogP contribution in [0.4, 0.5) is 0 Å². The van der Waals surface area contributed by atoms with E-state index in [0.717, 1.165) is 0 Å². The summed E-state index contributed by atoms with van der Waals surface area (Å²) in [4.78, 5) is 0. The van der Waals surface area contributed by atoms with Crippen molar-refractivity contribution < 1.29 is 41.0 Å². The first-order valence-electron chi connectivity index (χ1n) is 6.40. The van der Waals surface area contributed by atoms with E-state index in [1.165, 1.54) is 15.9 Å². The van der Waals surface area contributed by atoms with Crippen LogP contribution in [0.15, 0.2) is 91.0 Å². The van der Waals surface area contributed by atoms with Crippen LogP contribution in [0.3, 0.4) is 0 Å². The first kappa shape index (κ1) is 18.4. The average Bonchev–Trinajstić information content (AvgIpc) is 2.51.